The largest absolute Gasteiger partial charge is 0.416 e. The SMILES string of the molecule is CC(C)NC(=O)c1cc(NC(=O)c2cc(C(F)(F)F)cc(C(F)(F)F)c2)ccc1N1CCC(Cc2ccccc2)CC1. The molecule has 4 rings (SSSR count). The lowest BCUT2D eigenvalue weighted by Crippen LogP contribution is -2.37. The third-order valence-electron chi connectivity index (χ3n) is 7.09. The Kier molecular flexibility index (Phi) is 9.18. The third-order valence-corrected chi connectivity index (χ3v) is 7.09. The monoisotopic (exact) mass is 591 g/mol. The van der Waals surface area contributed by atoms with Crippen LogP contribution in [0.4, 0.5) is 37.7 Å². The van der Waals surface area contributed by atoms with E-state index in [1.807, 2.05) is 18.2 Å². The number of hydrogen-bond acceptors (Lipinski definition) is 3. The molecule has 0 unspecified atom stereocenters. The topological polar surface area (TPSA) is 61.4 Å². The number of piperidine rings is 1. The highest BCUT2D eigenvalue weighted by Crippen LogP contribution is 2.37. The molecule has 0 radical (unpaired) electrons. The van der Waals surface area contributed by atoms with Crippen molar-refractivity contribution in [2.45, 2.75) is 51.5 Å². The predicted octanol–water partition coefficient (Wildman–Crippen LogP) is 7.57. The number of hydrogen-bond donors (Lipinski definition) is 2. The van der Waals surface area contributed by atoms with Gasteiger partial charge in [-0.2, -0.15) is 26.3 Å². The fourth-order valence-corrected chi connectivity index (χ4v) is 5.03. The maximum atomic E-state index is 13.3. The van der Waals surface area contributed by atoms with Gasteiger partial charge in [-0.15, -0.1) is 0 Å². The smallest absolute Gasteiger partial charge is 0.371 e. The number of anilines is 2. The van der Waals surface area contributed by atoms with Gasteiger partial charge in [-0.1, -0.05) is 30.3 Å². The second kappa shape index (κ2) is 12.5. The van der Waals surface area contributed by atoms with Crippen LogP contribution in [0.5, 0.6) is 0 Å². The zero-order valence-corrected chi connectivity index (χ0v) is 23.1. The fraction of sp³-hybridized carbons (Fsp3) is 0.355. The molecule has 2 amide bonds. The molecule has 1 heterocycles. The van der Waals surface area contributed by atoms with Gasteiger partial charge in [0.25, 0.3) is 11.8 Å². The lowest BCUT2D eigenvalue weighted by atomic mass is 9.89. The van der Waals surface area contributed by atoms with E-state index < -0.39 is 40.9 Å². The van der Waals surface area contributed by atoms with Crippen LogP contribution in [-0.4, -0.2) is 30.9 Å². The quantitative estimate of drug-likeness (QED) is 0.279. The average molecular weight is 592 g/mol. The van der Waals surface area contributed by atoms with Crippen LogP contribution in [0.2, 0.25) is 0 Å². The van der Waals surface area contributed by atoms with Crippen molar-refractivity contribution in [2.24, 2.45) is 5.92 Å². The molecule has 0 bridgehead atoms. The standard InChI is InChI=1S/C31H31F6N3O2/c1-19(2)38-29(42)26-18-25(39-28(41)22-15-23(30(32,33)34)17-24(16-22)31(35,36)37)8-9-27(26)40-12-10-21(11-13-40)14-20-6-4-3-5-7-20/h3-9,15-19,21H,10-14H2,1-2H3,(H,38,42)(H,39,41). The number of nitrogens with zero attached hydrogens (tertiary/aromatic N) is 1. The summed E-state index contributed by atoms with van der Waals surface area (Å²) in [5.41, 5.74) is -1.81. The summed E-state index contributed by atoms with van der Waals surface area (Å²) in [5.74, 6) is -1.11. The van der Waals surface area contributed by atoms with Crippen LogP contribution >= 0.6 is 0 Å². The Morgan fingerprint density at radius 1 is 0.833 bits per heavy atom. The van der Waals surface area contributed by atoms with Gasteiger partial charge in [-0.05, 0) is 81.0 Å². The van der Waals surface area contributed by atoms with E-state index in [1.54, 1.807) is 19.9 Å². The van der Waals surface area contributed by atoms with Crippen molar-refractivity contribution in [2.75, 3.05) is 23.3 Å². The molecular formula is C31H31F6N3O2. The molecule has 224 valence electrons. The number of amides is 2. The molecule has 1 saturated heterocycles. The Hall–Kier alpha value is -4.02. The van der Waals surface area contributed by atoms with Gasteiger partial charge in [0, 0.05) is 36.1 Å². The number of nitrogens with one attached hydrogen (secondary N) is 2. The highest BCUT2D eigenvalue weighted by atomic mass is 19.4. The van der Waals surface area contributed by atoms with Crippen LogP contribution in [0, 0.1) is 5.92 Å². The second-order valence-electron chi connectivity index (χ2n) is 10.7. The predicted molar refractivity (Wildman–Crippen MR) is 149 cm³/mol. The van der Waals surface area contributed by atoms with Crippen molar-refractivity contribution < 1.29 is 35.9 Å². The molecule has 2 N–H and O–H groups in total. The summed E-state index contributed by atoms with van der Waals surface area (Å²) >= 11 is 0. The van der Waals surface area contributed by atoms with E-state index in [2.05, 4.69) is 27.7 Å². The number of carbonyl (C=O) groups excluding carboxylic acids is 2. The molecule has 0 spiro atoms. The molecule has 0 aliphatic carbocycles. The van der Waals surface area contributed by atoms with E-state index in [0.29, 0.717) is 36.8 Å². The first-order valence-corrected chi connectivity index (χ1v) is 13.6. The van der Waals surface area contributed by atoms with Gasteiger partial charge in [0.05, 0.1) is 16.7 Å². The normalized spacial score (nSPS) is 14.6. The summed E-state index contributed by atoms with van der Waals surface area (Å²) < 4.78 is 79.7. The van der Waals surface area contributed by atoms with Crippen molar-refractivity contribution in [1.82, 2.24) is 5.32 Å². The van der Waals surface area contributed by atoms with Crippen molar-refractivity contribution in [3.63, 3.8) is 0 Å². The summed E-state index contributed by atoms with van der Waals surface area (Å²) in [6.07, 6.45) is -7.43. The minimum atomic E-state index is -5.09. The number of benzene rings is 3. The summed E-state index contributed by atoms with van der Waals surface area (Å²) in [7, 11) is 0. The summed E-state index contributed by atoms with van der Waals surface area (Å²) in [5, 5.41) is 5.17. The highest BCUT2D eigenvalue weighted by Gasteiger charge is 2.37. The van der Waals surface area contributed by atoms with Crippen LogP contribution in [-0.2, 0) is 18.8 Å². The van der Waals surface area contributed by atoms with E-state index in [1.165, 1.54) is 17.7 Å². The van der Waals surface area contributed by atoms with Crippen molar-refractivity contribution >= 4 is 23.2 Å². The van der Waals surface area contributed by atoms with Crippen LogP contribution in [0.25, 0.3) is 0 Å². The molecule has 1 fully saturated rings. The Morgan fingerprint density at radius 3 is 1.98 bits per heavy atom. The Bertz CT molecular complexity index is 1380. The number of alkyl halides is 6. The molecule has 11 heteroatoms. The highest BCUT2D eigenvalue weighted by molar-refractivity contribution is 6.06. The van der Waals surface area contributed by atoms with Crippen LogP contribution in [0.1, 0.15) is 64.1 Å². The van der Waals surface area contributed by atoms with E-state index in [-0.39, 0.29) is 23.4 Å². The van der Waals surface area contributed by atoms with E-state index >= 15 is 0 Å². The first-order valence-electron chi connectivity index (χ1n) is 13.6. The zero-order chi connectivity index (χ0) is 30.7. The molecule has 3 aromatic carbocycles. The molecular weight excluding hydrogens is 560 g/mol. The van der Waals surface area contributed by atoms with Crippen molar-refractivity contribution in [3.05, 3.63) is 94.5 Å². The number of halogens is 6. The number of rotatable bonds is 7. The third kappa shape index (κ3) is 7.83. The first kappa shape index (κ1) is 30.9. The van der Waals surface area contributed by atoms with E-state index in [0.717, 1.165) is 19.3 Å². The van der Waals surface area contributed by atoms with Crippen LogP contribution in [0.3, 0.4) is 0 Å². The maximum absolute atomic E-state index is 13.3. The molecule has 0 saturated carbocycles. The molecule has 3 aromatic rings. The van der Waals surface area contributed by atoms with Gasteiger partial charge < -0.3 is 15.5 Å². The van der Waals surface area contributed by atoms with Crippen LogP contribution in [0.15, 0.2) is 66.7 Å². The Labute approximate surface area is 239 Å². The van der Waals surface area contributed by atoms with Gasteiger partial charge in [0.1, 0.15) is 0 Å². The summed E-state index contributed by atoms with van der Waals surface area (Å²) in [4.78, 5) is 28.1. The zero-order valence-electron chi connectivity index (χ0n) is 23.1. The summed E-state index contributed by atoms with van der Waals surface area (Å²) in [6.45, 7) is 4.94. The molecule has 0 atom stereocenters. The molecule has 5 nitrogen and oxygen atoms in total. The molecule has 1 aliphatic heterocycles. The summed E-state index contributed by atoms with van der Waals surface area (Å²) in [6, 6.07) is 15.2. The lowest BCUT2D eigenvalue weighted by molar-refractivity contribution is -0.143. The molecule has 42 heavy (non-hydrogen) atoms. The minimum absolute atomic E-state index is 0.0387. The van der Waals surface area contributed by atoms with E-state index in [4.69, 9.17) is 0 Å². The Morgan fingerprint density at radius 2 is 1.43 bits per heavy atom. The van der Waals surface area contributed by atoms with Gasteiger partial charge in [-0.25, -0.2) is 0 Å². The second-order valence-corrected chi connectivity index (χ2v) is 10.7. The van der Waals surface area contributed by atoms with E-state index in [9.17, 15) is 35.9 Å². The van der Waals surface area contributed by atoms with Gasteiger partial charge >= 0.3 is 12.4 Å². The first-order chi connectivity index (χ1) is 19.7. The average Bonchev–Trinajstić information content (AvgIpc) is 2.92. The molecule has 1 aliphatic rings. The maximum Gasteiger partial charge on any atom is 0.416 e. The van der Waals surface area contributed by atoms with Gasteiger partial charge in [-0.3, -0.25) is 9.59 Å². The minimum Gasteiger partial charge on any atom is -0.371 e. The fourth-order valence-electron chi connectivity index (χ4n) is 5.03. The lowest BCUT2D eigenvalue weighted by Gasteiger charge is -2.35. The van der Waals surface area contributed by atoms with Crippen molar-refractivity contribution in [3.8, 4) is 0 Å². The van der Waals surface area contributed by atoms with Crippen LogP contribution < -0.4 is 15.5 Å². The van der Waals surface area contributed by atoms with Gasteiger partial charge in [0.2, 0.25) is 0 Å². The molecule has 0 aromatic heterocycles. The Balaban J connectivity index is 1.57. The van der Waals surface area contributed by atoms with Gasteiger partial charge in [0.15, 0.2) is 0 Å². The van der Waals surface area contributed by atoms with Crippen molar-refractivity contribution in [1.29, 1.82) is 0 Å². The number of carbonyl (C=O) groups is 2.